The second kappa shape index (κ2) is 8.56. The number of likely N-dealkylation sites (tertiary alicyclic amines) is 1. The van der Waals surface area contributed by atoms with Crippen molar-refractivity contribution >= 4 is 22.4 Å². The number of hydrogen-bond donors (Lipinski definition) is 0. The van der Waals surface area contributed by atoms with Gasteiger partial charge in [0.05, 0.1) is 6.67 Å². The van der Waals surface area contributed by atoms with Gasteiger partial charge in [0.15, 0.2) is 0 Å². The van der Waals surface area contributed by atoms with Gasteiger partial charge in [0.25, 0.3) is 0 Å². The molecule has 1 aliphatic carbocycles. The van der Waals surface area contributed by atoms with Crippen LogP contribution in [0.5, 0.6) is 0 Å². The molecule has 3 aromatic rings. The summed E-state index contributed by atoms with van der Waals surface area (Å²) in [6.07, 6.45) is 2.39. The molecule has 1 atom stereocenters. The molecule has 2 heterocycles. The molecular formula is C27H27FN6O. The molecule has 6 rings (SSSR count). The number of azide groups is 1. The third kappa shape index (κ3) is 3.52. The van der Waals surface area contributed by atoms with Gasteiger partial charge in [0, 0.05) is 42.8 Å². The second-order valence-corrected chi connectivity index (χ2v) is 9.72. The molecule has 0 saturated carbocycles. The number of halogens is 1. The van der Waals surface area contributed by atoms with Crippen molar-refractivity contribution in [1.29, 1.82) is 0 Å². The zero-order valence-corrected chi connectivity index (χ0v) is 19.5. The molecule has 35 heavy (non-hydrogen) atoms. The molecule has 178 valence electrons. The first-order valence-electron chi connectivity index (χ1n) is 12.2. The largest absolute Gasteiger partial charge is 0.339 e. The summed E-state index contributed by atoms with van der Waals surface area (Å²) >= 11 is 0. The number of carbonyl (C=O) groups is 1. The predicted molar refractivity (Wildman–Crippen MR) is 133 cm³/mol. The molecule has 8 heteroatoms. The molecule has 0 bridgehead atoms. The molecule has 3 aromatic carbocycles. The zero-order chi connectivity index (χ0) is 24.0. The number of amides is 1. The Kier molecular flexibility index (Phi) is 5.35. The fourth-order valence-corrected chi connectivity index (χ4v) is 6.34. The van der Waals surface area contributed by atoms with Gasteiger partial charge in [-0.05, 0) is 71.0 Å². The van der Waals surface area contributed by atoms with Crippen LogP contribution in [0.4, 0.5) is 10.1 Å². The number of nitrogens with zero attached hydrogens (tertiary/aromatic N) is 6. The van der Waals surface area contributed by atoms with Crippen LogP contribution in [0.15, 0.2) is 65.8 Å². The SMILES string of the molecule is [N-]=[N+]=NCCN1CN(c2ccc(F)cc2)C2(CCN([C@H]3Cc4cccc5cccc3c45)CC2)C1=O. The number of benzene rings is 3. The highest BCUT2D eigenvalue weighted by Crippen LogP contribution is 2.45. The van der Waals surface area contributed by atoms with E-state index in [4.69, 9.17) is 5.53 Å². The van der Waals surface area contributed by atoms with Crippen LogP contribution in [0.1, 0.15) is 30.0 Å². The van der Waals surface area contributed by atoms with Crippen molar-refractivity contribution in [3.8, 4) is 0 Å². The fourth-order valence-electron chi connectivity index (χ4n) is 6.34. The van der Waals surface area contributed by atoms with E-state index in [9.17, 15) is 9.18 Å². The highest BCUT2D eigenvalue weighted by atomic mass is 19.1. The van der Waals surface area contributed by atoms with E-state index in [1.54, 1.807) is 17.0 Å². The summed E-state index contributed by atoms with van der Waals surface area (Å²) in [6, 6.07) is 19.8. The quantitative estimate of drug-likeness (QED) is 0.298. The Bertz CT molecular complexity index is 1320. The van der Waals surface area contributed by atoms with Gasteiger partial charge in [-0.2, -0.15) is 0 Å². The smallest absolute Gasteiger partial charge is 0.250 e. The van der Waals surface area contributed by atoms with E-state index in [0.717, 1.165) is 25.2 Å². The summed E-state index contributed by atoms with van der Waals surface area (Å²) in [4.78, 5) is 23.0. The minimum absolute atomic E-state index is 0.0754. The van der Waals surface area contributed by atoms with Gasteiger partial charge in [0.2, 0.25) is 5.91 Å². The minimum atomic E-state index is -0.665. The average molecular weight is 471 g/mol. The third-order valence-corrected chi connectivity index (χ3v) is 8.05. The summed E-state index contributed by atoms with van der Waals surface area (Å²) in [5.41, 5.74) is 11.6. The molecule has 0 N–H and O–H groups in total. The number of carbonyl (C=O) groups excluding carboxylic acids is 1. The summed E-state index contributed by atoms with van der Waals surface area (Å²) in [7, 11) is 0. The number of piperidine rings is 1. The zero-order valence-electron chi connectivity index (χ0n) is 19.5. The molecule has 0 aromatic heterocycles. The first kappa shape index (κ1) is 21.9. The van der Waals surface area contributed by atoms with E-state index in [-0.39, 0.29) is 18.3 Å². The summed E-state index contributed by atoms with van der Waals surface area (Å²) in [5, 5.41) is 6.30. The van der Waals surface area contributed by atoms with Gasteiger partial charge in [-0.25, -0.2) is 4.39 Å². The van der Waals surface area contributed by atoms with Crippen LogP contribution >= 0.6 is 0 Å². The molecule has 7 nitrogen and oxygen atoms in total. The van der Waals surface area contributed by atoms with E-state index in [1.807, 2.05) is 0 Å². The average Bonchev–Trinajstić information content (AvgIpc) is 3.38. The van der Waals surface area contributed by atoms with Gasteiger partial charge in [-0.3, -0.25) is 9.69 Å². The van der Waals surface area contributed by atoms with Crippen LogP contribution in [-0.2, 0) is 11.2 Å². The van der Waals surface area contributed by atoms with Crippen molar-refractivity contribution < 1.29 is 9.18 Å². The highest BCUT2D eigenvalue weighted by molar-refractivity contribution is 5.94. The Morgan fingerprint density at radius 3 is 2.54 bits per heavy atom. The van der Waals surface area contributed by atoms with Crippen LogP contribution in [0.25, 0.3) is 21.2 Å². The normalized spacial score (nSPS) is 21.2. The van der Waals surface area contributed by atoms with Gasteiger partial charge in [-0.1, -0.05) is 41.5 Å². The van der Waals surface area contributed by atoms with Gasteiger partial charge >= 0.3 is 0 Å². The lowest BCUT2D eigenvalue weighted by Gasteiger charge is -2.45. The van der Waals surface area contributed by atoms with Crippen LogP contribution in [0, 0.1) is 5.82 Å². The van der Waals surface area contributed by atoms with E-state index >= 15 is 0 Å². The molecule has 0 radical (unpaired) electrons. The van der Waals surface area contributed by atoms with Gasteiger partial charge < -0.3 is 9.80 Å². The third-order valence-electron chi connectivity index (χ3n) is 8.05. The van der Waals surface area contributed by atoms with E-state index in [1.165, 1.54) is 34.0 Å². The second-order valence-electron chi connectivity index (χ2n) is 9.72. The maximum Gasteiger partial charge on any atom is 0.250 e. The standard InChI is InChI=1S/C27H27FN6O/c28-21-7-9-22(10-8-21)34-18-33(16-13-30-31-29)26(35)27(34)11-14-32(15-12-27)24-17-20-5-1-3-19-4-2-6-23(24)25(19)20/h1-10,24H,11-18H2/t24-/m0/s1. The Balaban J connectivity index is 1.27. The van der Waals surface area contributed by atoms with Crippen molar-refractivity contribution in [1.82, 2.24) is 9.80 Å². The van der Waals surface area contributed by atoms with Crippen LogP contribution < -0.4 is 4.90 Å². The van der Waals surface area contributed by atoms with E-state index < -0.39 is 5.54 Å². The van der Waals surface area contributed by atoms with Crippen molar-refractivity contribution in [3.63, 3.8) is 0 Å². The Hall–Kier alpha value is -3.61. The monoisotopic (exact) mass is 470 g/mol. The van der Waals surface area contributed by atoms with Crippen molar-refractivity contribution in [2.75, 3.05) is 37.7 Å². The van der Waals surface area contributed by atoms with Crippen molar-refractivity contribution in [2.24, 2.45) is 5.11 Å². The molecule has 2 aliphatic heterocycles. The maximum absolute atomic E-state index is 13.7. The lowest BCUT2D eigenvalue weighted by Crippen LogP contribution is -2.57. The summed E-state index contributed by atoms with van der Waals surface area (Å²) < 4.78 is 13.6. The van der Waals surface area contributed by atoms with Crippen molar-refractivity contribution in [3.05, 3.63) is 88.1 Å². The van der Waals surface area contributed by atoms with Crippen LogP contribution in [0.3, 0.4) is 0 Å². The molecular weight excluding hydrogens is 443 g/mol. The van der Waals surface area contributed by atoms with E-state index in [0.29, 0.717) is 32.1 Å². The van der Waals surface area contributed by atoms with Gasteiger partial charge in [0.1, 0.15) is 11.4 Å². The van der Waals surface area contributed by atoms with Gasteiger partial charge in [-0.15, -0.1) is 0 Å². The van der Waals surface area contributed by atoms with Crippen LogP contribution in [0.2, 0.25) is 0 Å². The number of hydrogen-bond acceptors (Lipinski definition) is 4. The highest BCUT2D eigenvalue weighted by Gasteiger charge is 2.54. The van der Waals surface area contributed by atoms with Crippen molar-refractivity contribution in [2.45, 2.75) is 30.8 Å². The maximum atomic E-state index is 13.7. The first-order chi connectivity index (χ1) is 17.1. The van der Waals surface area contributed by atoms with Crippen LogP contribution in [-0.4, -0.2) is 54.1 Å². The lowest BCUT2D eigenvalue weighted by molar-refractivity contribution is -0.133. The molecule has 3 aliphatic rings. The molecule has 1 amide bonds. The minimum Gasteiger partial charge on any atom is -0.339 e. The Labute approximate surface area is 203 Å². The fraction of sp³-hybridized carbons (Fsp3) is 0.370. The Morgan fingerprint density at radius 1 is 1.06 bits per heavy atom. The number of rotatable bonds is 5. The number of anilines is 1. The summed E-state index contributed by atoms with van der Waals surface area (Å²) in [5.74, 6) is -0.218. The molecule has 2 fully saturated rings. The Morgan fingerprint density at radius 2 is 1.80 bits per heavy atom. The summed E-state index contributed by atoms with van der Waals surface area (Å²) in [6.45, 7) is 2.66. The molecule has 1 spiro atoms. The molecule has 0 unspecified atom stereocenters. The first-order valence-corrected chi connectivity index (χ1v) is 12.2. The molecule has 2 saturated heterocycles. The van der Waals surface area contributed by atoms with E-state index in [2.05, 4.69) is 56.2 Å². The topological polar surface area (TPSA) is 75.6 Å². The predicted octanol–water partition coefficient (Wildman–Crippen LogP) is 5.03. The lowest BCUT2D eigenvalue weighted by atomic mass is 9.84.